The van der Waals surface area contributed by atoms with Gasteiger partial charge in [-0.1, -0.05) is 49.4 Å². The number of benzene rings is 3. The zero-order chi connectivity index (χ0) is 22.5. The van der Waals surface area contributed by atoms with Gasteiger partial charge in [0.1, 0.15) is 11.6 Å². The van der Waals surface area contributed by atoms with Gasteiger partial charge in [-0.05, 0) is 60.2 Å². The first-order chi connectivity index (χ1) is 15.5. The second-order valence-electron chi connectivity index (χ2n) is 7.69. The van der Waals surface area contributed by atoms with Crippen LogP contribution in [0.25, 0.3) is 11.1 Å². The summed E-state index contributed by atoms with van der Waals surface area (Å²) in [6.07, 6.45) is 1.57. The number of halogens is 2. The highest BCUT2D eigenvalue weighted by Crippen LogP contribution is 2.33. The van der Waals surface area contributed by atoms with E-state index in [2.05, 4.69) is 10.3 Å². The lowest BCUT2D eigenvalue weighted by Crippen LogP contribution is -2.13. The monoisotopic (exact) mass is 434 g/mol. The second kappa shape index (κ2) is 9.73. The van der Waals surface area contributed by atoms with Crippen LogP contribution in [-0.4, -0.2) is 18.4 Å². The first kappa shape index (κ1) is 21.7. The molecule has 32 heavy (non-hydrogen) atoms. The number of aliphatic imine (C=N–C) groups is 1. The van der Waals surface area contributed by atoms with Gasteiger partial charge < -0.3 is 4.74 Å². The first-order valence-electron chi connectivity index (χ1n) is 10.7. The van der Waals surface area contributed by atoms with E-state index >= 15 is 0 Å². The molecule has 1 unspecified atom stereocenters. The smallest absolute Gasteiger partial charge is 0.411 e. The molecule has 4 rings (SSSR count). The van der Waals surface area contributed by atoms with Crippen LogP contribution in [0.5, 0.6) is 0 Å². The van der Waals surface area contributed by atoms with Crippen molar-refractivity contribution in [1.82, 2.24) is 0 Å². The Bertz CT molecular complexity index is 1110. The molecular formula is C26H24F2N2O2. The van der Waals surface area contributed by atoms with Gasteiger partial charge in [0.15, 0.2) is 0 Å². The number of amides is 1. The van der Waals surface area contributed by atoms with Crippen LogP contribution in [0.2, 0.25) is 0 Å². The van der Waals surface area contributed by atoms with E-state index in [9.17, 15) is 13.6 Å². The van der Waals surface area contributed by atoms with Crippen molar-refractivity contribution in [1.29, 1.82) is 0 Å². The van der Waals surface area contributed by atoms with E-state index in [1.54, 1.807) is 0 Å². The third-order valence-electron chi connectivity index (χ3n) is 5.41. The van der Waals surface area contributed by atoms with Crippen molar-refractivity contribution < 1.29 is 18.3 Å². The van der Waals surface area contributed by atoms with Gasteiger partial charge >= 0.3 is 6.09 Å². The molecule has 0 saturated heterocycles. The van der Waals surface area contributed by atoms with Gasteiger partial charge in [0, 0.05) is 11.4 Å². The van der Waals surface area contributed by atoms with Crippen LogP contribution in [0.4, 0.5) is 19.3 Å². The average molecular weight is 434 g/mol. The molecule has 6 heteroatoms. The van der Waals surface area contributed by atoms with Crippen molar-refractivity contribution >= 4 is 17.5 Å². The minimum Gasteiger partial charge on any atom is -0.449 e. The van der Waals surface area contributed by atoms with Gasteiger partial charge in [0.2, 0.25) is 0 Å². The van der Waals surface area contributed by atoms with Gasteiger partial charge in [-0.2, -0.15) is 0 Å². The Labute approximate surface area is 186 Å². The van der Waals surface area contributed by atoms with Crippen molar-refractivity contribution in [2.45, 2.75) is 32.2 Å². The fraction of sp³-hybridized carbons (Fsp3) is 0.231. The number of hydrogen-bond acceptors (Lipinski definition) is 3. The van der Waals surface area contributed by atoms with E-state index in [1.165, 1.54) is 18.2 Å². The molecule has 0 radical (unpaired) electrons. The van der Waals surface area contributed by atoms with E-state index in [4.69, 9.17) is 4.74 Å². The number of ether oxygens (including phenoxy) is 1. The number of nitrogens with zero attached hydrogens (tertiary/aromatic N) is 1. The van der Waals surface area contributed by atoms with Crippen molar-refractivity contribution in [3.05, 3.63) is 89.5 Å². The maximum atomic E-state index is 14.1. The average Bonchev–Trinajstić information content (AvgIpc) is 3.28. The van der Waals surface area contributed by atoms with Crippen LogP contribution in [0.15, 0.2) is 71.7 Å². The van der Waals surface area contributed by atoms with Crippen LogP contribution < -0.4 is 5.32 Å². The summed E-state index contributed by atoms with van der Waals surface area (Å²) >= 11 is 0. The Kier molecular flexibility index (Phi) is 6.59. The summed E-state index contributed by atoms with van der Waals surface area (Å²) in [5.41, 5.74) is 4.18. The molecule has 3 aromatic rings. The van der Waals surface area contributed by atoms with Gasteiger partial charge in [0.25, 0.3) is 0 Å². The predicted molar refractivity (Wildman–Crippen MR) is 122 cm³/mol. The molecule has 0 fully saturated rings. The molecule has 1 aliphatic heterocycles. The molecule has 1 aliphatic rings. The quantitative estimate of drug-likeness (QED) is 0.458. The van der Waals surface area contributed by atoms with E-state index in [0.29, 0.717) is 24.4 Å². The highest BCUT2D eigenvalue weighted by Gasteiger charge is 2.24. The molecule has 1 atom stereocenters. The molecule has 0 aromatic heterocycles. The summed E-state index contributed by atoms with van der Waals surface area (Å²) in [5, 5.41) is 2.70. The minimum atomic E-state index is -0.573. The van der Waals surface area contributed by atoms with Crippen molar-refractivity contribution in [3.8, 4) is 11.1 Å². The van der Waals surface area contributed by atoms with Gasteiger partial charge in [0.05, 0.1) is 18.2 Å². The minimum absolute atomic E-state index is 0.0149. The van der Waals surface area contributed by atoms with Gasteiger partial charge in [-0.3, -0.25) is 10.3 Å². The lowest BCUT2D eigenvalue weighted by atomic mass is 9.99. The normalized spacial score (nSPS) is 15.3. The lowest BCUT2D eigenvalue weighted by Gasteiger charge is -2.10. The third kappa shape index (κ3) is 4.85. The maximum absolute atomic E-state index is 14.1. The highest BCUT2D eigenvalue weighted by molar-refractivity contribution is 6.02. The van der Waals surface area contributed by atoms with Crippen molar-refractivity contribution in [2.24, 2.45) is 4.99 Å². The number of carbonyl (C=O) groups is 1. The second-order valence-corrected chi connectivity index (χ2v) is 7.69. The predicted octanol–water partition coefficient (Wildman–Crippen LogP) is 6.91. The summed E-state index contributed by atoms with van der Waals surface area (Å²) in [6.45, 7) is 2.33. The summed E-state index contributed by atoms with van der Waals surface area (Å²) in [5.74, 6) is -1.15. The summed E-state index contributed by atoms with van der Waals surface area (Å²) in [4.78, 5) is 16.3. The molecule has 0 bridgehead atoms. The number of nitrogens with one attached hydrogen (secondary N) is 1. The first-order valence-corrected chi connectivity index (χ1v) is 10.7. The number of hydrogen-bond donors (Lipinski definition) is 1. The number of rotatable bonds is 6. The largest absolute Gasteiger partial charge is 0.449 e. The van der Waals surface area contributed by atoms with Gasteiger partial charge in [-0.25, -0.2) is 13.6 Å². The summed E-state index contributed by atoms with van der Waals surface area (Å²) < 4.78 is 33.2. The Morgan fingerprint density at radius 2 is 1.62 bits per heavy atom. The highest BCUT2D eigenvalue weighted by atomic mass is 19.1. The standard InChI is InChI=1S/C26H24F2N2O2/c1-2-16-32-26(31)29-20-12-10-18(11-13-20)17-6-8-19(9-7-17)23-14-15-24(30-23)25-21(27)4-3-5-22(25)28/h3-13,23H,2,14-16H2,1H3,(H,29,31). The Morgan fingerprint density at radius 3 is 2.25 bits per heavy atom. The SMILES string of the molecule is CCCOC(=O)Nc1ccc(-c2ccc(C3CCC(c4c(F)cccc4F)=N3)cc2)cc1. The molecule has 3 aromatic carbocycles. The molecule has 0 spiro atoms. The molecular weight excluding hydrogens is 410 g/mol. The van der Waals surface area contributed by atoms with Crippen LogP contribution in [-0.2, 0) is 4.74 Å². The molecule has 0 saturated carbocycles. The maximum Gasteiger partial charge on any atom is 0.411 e. The zero-order valence-electron chi connectivity index (χ0n) is 17.8. The van der Waals surface area contributed by atoms with E-state index in [-0.39, 0.29) is 11.6 Å². The van der Waals surface area contributed by atoms with E-state index < -0.39 is 17.7 Å². The van der Waals surface area contributed by atoms with E-state index in [0.717, 1.165) is 29.5 Å². The molecule has 4 nitrogen and oxygen atoms in total. The fourth-order valence-corrected chi connectivity index (χ4v) is 3.79. The Morgan fingerprint density at radius 1 is 1.00 bits per heavy atom. The number of carbonyl (C=O) groups excluding carboxylic acids is 1. The Balaban J connectivity index is 1.45. The Hall–Kier alpha value is -3.54. The van der Waals surface area contributed by atoms with Crippen molar-refractivity contribution in [3.63, 3.8) is 0 Å². The number of anilines is 1. The third-order valence-corrected chi connectivity index (χ3v) is 5.41. The topological polar surface area (TPSA) is 50.7 Å². The molecule has 1 heterocycles. The molecule has 1 amide bonds. The molecule has 1 N–H and O–H groups in total. The van der Waals surface area contributed by atoms with E-state index in [1.807, 2.05) is 55.5 Å². The summed E-state index contributed by atoms with van der Waals surface area (Å²) in [6, 6.07) is 19.3. The lowest BCUT2D eigenvalue weighted by molar-refractivity contribution is 0.161. The van der Waals surface area contributed by atoms with Crippen LogP contribution >= 0.6 is 0 Å². The fourth-order valence-electron chi connectivity index (χ4n) is 3.79. The van der Waals surface area contributed by atoms with Crippen LogP contribution in [0, 0.1) is 11.6 Å². The zero-order valence-corrected chi connectivity index (χ0v) is 17.8. The van der Waals surface area contributed by atoms with Crippen molar-refractivity contribution in [2.75, 3.05) is 11.9 Å². The van der Waals surface area contributed by atoms with Gasteiger partial charge in [-0.15, -0.1) is 0 Å². The molecule has 164 valence electrons. The van der Waals surface area contributed by atoms with Crippen LogP contribution in [0.1, 0.15) is 43.4 Å². The van der Waals surface area contributed by atoms with Crippen LogP contribution in [0.3, 0.4) is 0 Å². The summed E-state index contributed by atoms with van der Waals surface area (Å²) in [7, 11) is 0. The molecule has 0 aliphatic carbocycles.